The van der Waals surface area contributed by atoms with Crippen LogP contribution in [-0.2, 0) is 4.79 Å². The van der Waals surface area contributed by atoms with Crippen LogP contribution < -0.4 is 0 Å². The van der Waals surface area contributed by atoms with Crippen molar-refractivity contribution in [1.82, 2.24) is 30.0 Å². The van der Waals surface area contributed by atoms with Crippen LogP contribution in [-0.4, -0.2) is 73.8 Å². The molecule has 3 heterocycles. The summed E-state index contributed by atoms with van der Waals surface area (Å²) in [5.74, 6) is 0.456. The van der Waals surface area contributed by atoms with E-state index in [-0.39, 0.29) is 11.8 Å². The van der Waals surface area contributed by atoms with Gasteiger partial charge in [-0.25, -0.2) is 4.68 Å². The average molecular weight is 407 g/mol. The van der Waals surface area contributed by atoms with E-state index in [0.29, 0.717) is 38.0 Å². The van der Waals surface area contributed by atoms with Gasteiger partial charge in [0, 0.05) is 26.2 Å². The van der Waals surface area contributed by atoms with Gasteiger partial charge >= 0.3 is 0 Å². The first-order valence-corrected chi connectivity index (χ1v) is 11.1. The summed E-state index contributed by atoms with van der Waals surface area (Å²) in [6.45, 7) is 2.30. The molecule has 0 unspecified atom stereocenters. The standard InChI is InChI=1S/C17H22N6O2S2/c24-15(12-27-17-18-19-20-23(17)13-4-1-2-5-13)21-7-9-22(10-8-21)16(25)14-6-3-11-26-14/h3,6,11,13H,1-2,4-5,7-10,12H2. The average Bonchev–Trinajstić information content (AvgIpc) is 3.47. The number of hydrogen-bond donors (Lipinski definition) is 0. The second kappa shape index (κ2) is 8.39. The van der Waals surface area contributed by atoms with Gasteiger partial charge in [-0.3, -0.25) is 9.59 Å². The van der Waals surface area contributed by atoms with Gasteiger partial charge in [-0.2, -0.15) is 0 Å². The first-order chi connectivity index (χ1) is 13.2. The van der Waals surface area contributed by atoms with Crippen molar-refractivity contribution in [2.45, 2.75) is 36.9 Å². The molecule has 2 aromatic heterocycles. The second-order valence-electron chi connectivity index (χ2n) is 6.78. The number of thiophene rings is 1. The summed E-state index contributed by atoms with van der Waals surface area (Å²) in [6.07, 6.45) is 4.63. The molecular weight excluding hydrogens is 384 g/mol. The van der Waals surface area contributed by atoms with Gasteiger partial charge in [-0.15, -0.1) is 16.4 Å². The summed E-state index contributed by atoms with van der Waals surface area (Å²) in [4.78, 5) is 29.3. The molecule has 10 heteroatoms. The number of aromatic nitrogens is 4. The normalized spacial score (nSPS) is 18.2. The Hall–Kier alpha value is -1.94. The number of hydrogen-bond acceptors (Lipinski definition) is 7. The minimum atomic E-state index is 0.0576. The predicted octanol–water partition coefficient (Wildman–Crippen LogP) is 1.93. The van der Waals surface area contributed by atoms with Crippen molar-refractivity contribution >= 4 is 34.9 Å². The van der Waals surface area contributed by atoms with E-state index < -0.39 is 0 Å². The number of rotatable bonds is 5. The van der Waals surface area contributed by atoms with Crippen molar-refractivity contribution in [3.8, 4) is 0 Å². The van der Waals surface area contributed by atoms with Crippen molar-refractivity contribution in [1.29, 1.82) is 0 Å². The highest BCUT2D eigenvalue weighted by Gasteiger charge is 2.26. The summed E-state index contributed by atoms with van der Waals surface area (Å²) in [5.41, 5.74) is 0. The third-order valence-electron chi connectivity index (χ3n) is 5.11. The van der Waals surface area contributed by atoms with Crippen LogP contribution >= 0.6 is 23.1 Å². The Morgan fingerprint density at radius 2 is 1.89 bits per heavy atom. The molecule has 4 rings (SSSR count). The quantitative estimate of drug-likeness (QED) is 0.706. The molecule has 0 bridgehead atoms. The molecule has 2 amide bonds. The van der Waals surface area contributed by atoms with E-state index in [9.17, 15) is 9.59 Å². The Bertz CT molecular complexity index is 779. The SMILES string of the molecule is O=C(CSc1nnnn1C1CCCC1)N1CCN(C(=O)c2cccs2)CC1. The Kier molecular flexibility index (Phi) is 5.72. The molecule has 1 aliphatic heterocycles. The van der Waals surface area contributed by atoms with Crippen LogP contribution in [0.4, 0.5) is 0 Å². The summed E-state index contributed by atoms with van der Waals surface area (Å²) < 4.78 is 1.88. The predicted molar refractivity (Wildman–Crippen MR) is 103 cm³/mol. The zero-order chi connectivity index (χ0) is 18.6. The summed E-state index contributed by atoms with van der Waals surface area (Å²) >= 11 is 2.86. The maximum atomic E-state index is 12.6. The molecule has 27 heavy (non-hydrogen) atoms. The topological polar surface area (TPSA) is 84.2 Å². The molecule has 1 aliphatic carbocycles. The first-order valence-electron chi connectivity index (χ1n) is 9.23. The lowest BCUT2D eigenvalue weighted by Gasteiger charge is -2.34. The molecule has 0 atom stereocenters. The zero-order valence-electron chi connectivity index (χ0n) is 15.0. The fraction of sp³-hybridized carbons (Fsp3) is 0.588. The number of piperazine rings is 1. The largest absolute Gasteiger partial charge is 0.338 e. The Morgan fingerprint density at radius 3 is 2.59 bits per heavy atom. The van der Waals surface area contributed by atoms with Crippen molar-refractivity contribution in [3.63, 3.8) is 0 Å². The molecule has 0 N–H and O–H groups in total. The molecule has 0 spiro atoms. The number of carbonyl (C=O) groups excluding carboxylic acids is 2. The number of thioether (sulfide) groups is 1. The van der Waals surface area contributed by atoms with Gasteiger partial charge in [0.25, 0.3) is 5.91 Å². The monoisotopic (exact) mass is 406 g/mol. The maximum absolute atomic E-state index is 12.6. The van der Waals surface area contributed by atoms with Crippen LogP contribution in [0.1, 0.15) is 41.4 Å². The van der Waals surface area contributed by atoms with Crippen molar-refractivity contribution in [3.05, 3.63) is 22.4 Å². The van der Waals surface area contributed by atoms with Crippen LogP contribution in [0.5, 0.6) is 0 Å². The fourth-order valence-electron chi connectivity index (χ4n) is 3.59. The molecule has 2 aliphatic rings. The lowest BCUT2D eigenvalue weighted by atomic mass is 10.3. The highest BCUT2D eigenvalue weighted by molar-refractivity contribution is 7.99. The van der Waals surface area contributed by atoms with Crippen molar-refractivity contribution in [2.75, 3.05) is 31.9 Å². The lowest BCUT2D eigenvalue weighted by Crippen LogP contribution is -2.51. The molecule has 144 valence electrons. The highest BCUT2D eigenvalue weighted by atomic mass is 32.2. The second-order valence-corrected chi connectivity index (χ2v) is 8.67. The smallest absolute Gasteiger partial charge is 0.264 e. The van der Waals surface area contributed by atoms with Crippen LogP contribution in [0.2, 0.25) is 0 Å². The lowest BCUT2D eigenvalue weighted by molar-refractivity contribution is -0.129. The fourth-order valence-corrected chi connectivity index (χ4v) is 5.13. The molecule has 2 aromatic rings. The Labute approximate surface area is 165 Å². The molecule has 0 radical (unpaired) electrons. The minimum Gasteiger partial charge on any atom is -0.338 e. The van der Waals surface area contributed by atoms with Gasteiger partial charge in [0.1, 0.15) is 0 Å². The number of amides is 2. The summed E-state index contributed by atoms with van der Waals surface area (Å²) in [6, 6.07) is 4.09. The van der Waals surface area contributed by atoms with Gasteiger partial charge < -0.3 is 9.80 Å². The van der Waals surface area contributed by atoms with E-state index in [2.05, 4.69) is 15.5 Å². The van der Waals surface area contributed by atoms with E-state index in [1.807, 2.05) is 32.0 Å². The number of nitrogens with zero attached hydrogens (tertiary/aromatic N) is 6. The molecule has 1 saturated carbocycles. The number of tetrazole rings is 1. The van der Waals surface area contributed by atoms with Crippen LogP contribution in [0, 0.1) is 0 Å². The van der Waals surface area contributed by atoms with Crippen molar-refractivity contribution in [2.24, 2.45) is 0 Å². The Balaban J connectivity index is 1.27. The first kappa shape index (κ1) is 18.4. The molecule has 8 nitrogen and oxygen atoms in total. The van der Waals surface area contributed by atoms with Gasteiger partial charge in [-0.1, -0.05) is 30.7 Å². The third-order valence-corrected chi connectivity index (χ3v) is 6.89. The zero-order valence-corrected chi connectivity index (χ0v) is 16.6. The molecule has 2 fully saturated rings. The van der Waals surface area contributed by atoms with E-state index in [0.717, 1.165) is 22.9 Å². The van der Waals surface area contributed by atoms with Crippen LogP contribution in [0.25, 0.3) is 0 Å². The third kappa shape index (κ3) is 4.16. The van der Waals surface area contributed by atoms with Gasteiger partial charge in [0.15, 0.2) is 0 Å². The molecular formula is C17H22N6O2S2. The Morgan fingerprint density at radius 1 is 1.15 bits per heavy atom. The van der Waals surface area contributed by atoms with Gasteiger partial charge in [0.05, 0.1) is 16.7 Å². The van der Waals surface area contributed by atoms with Gasteiger partial charge in [-0.05, 0) is 34.7 Å². The van der Waals surface area contributed by atoms with E-state index >= 15 is 0 Å². The molecule has 1 saturated heterocycles. The van der Waals surface area contributed by atoms with E-state index in [1.165, 1.54) is 35.9 Å². The van der Waals surface area contributed by atoms with Crippen LogP contribution in [0.3, 0.4) is 0 Å². The highest BCUT2D eigenvalue weighted by Crippen LogP contribution is 2.31. The summed E-state index contributed by atoms with van der Waals surface area (Å²) in [7, 11) is 0. The van der Waals surface area contributed by atoms with E-state index in [4.69, 9.17) is 0 Å². The van der Waals surface area contributed by atoms with Crippen molar-refractivity contribution < 1.29 is 9.59 Å². The maximum Gasteiger partial charge on any atom is 0.264 e. The molecule has 0 aromatic carbocycles. The van der Waals surface area contributed by atoms with E-state index in [1.54, 1.807) is 0 Å². The number of carbonyl (C=O) groups is 2. The van der Waals surface area contributed by atoms with Crippen LogP contribution in [0.15, 0.2) is 22.7 Å². The minimum absolute atomic E-state index is 0.0576. The van der Waals surface area contributed by atoms with Gasteiger partial charge in [0.2, 0.25) is 11.1 Å². The summed E-state index contributed by atoms with van der Waals surface area (Å²) in [5, 5.41) is 14.6.